The number of fused-ring (bicyclic) bond motifs is 1. The lowest BCUT2D eigenvalue weighted by Gasteiger charge is -2.34. The van der Waals surface area contributed by atoms with Gasteiger partial charge in [-0.15, -0.1) is 11.3 Å². The lowest BCUT2D eigenvalue weighted by atomic mass is 10.1. The molecule has 1 unspecified atom stereocenters. The molecule has 0 spiro atoms. The molecule has 0 saturated carbocycles. The largest absolute Gasteiger partial charge is 0.492 e. The van der Waals surface area contributed by atoms with Crippen molar-refractivity contribution in [3.63, 3.8) is 0 Å². The highest BCUT2D eigenvalue weighted by atomic mass is 32.1. The van der Waals surface area contributed by atoms with E-state index in [1.807, 2.05) is 63.2 Å². The van der Waals surface area contributed by atoms with Crippen molar-refractivity contribution in [1.29, 1.82) is 0 Å². The molecule has 2 aromatic carbocycles. The number of ether oxygens (including phenoxy) is 2. The SMILES string of the molecule is CCC1Oc2ccc(-c3nc(C)sc3C)cc2N(CCOc2cccc(C)c2)C1=O. The van der Waals surface area contributed by atoms with Crippen LogP contribution in [0, 0.1) is 20.8 Å². The van der Waals surface area contributed by atoms with Gasteiger partial charge in [-0.05, 0) is 63.1 Å². The van der Waals surface area contributed by atoms with Gasteiger partial charge in [0, 0.05) is 10.4 Å². The molecule has 1 amide bonds. The number of carbonyl (C=O) groups is 1. The maximum Gasteiger partial charge on any atom is 0.268 e. The number of benzene rings is 2. The first-order valence-corrected chi connectivity index (χ1v) is 11.0. The number of anilines is 1. The van der Waals surface area contributed by atoms with E-state index in [9.17, 15) is 4.79 Å². The van der Waals surface area contributed by atoms with Crippen molar-refractivity contribution < 1.29 is 14.3 Å². The van der Waals surface area contributed by atoms with E-state index in [1.54, 1.807) is 16.2 Å². The predicted octanol–water partition coefficient (Wildman–Crippen LogP) is 5.32. The molecule has 5 nitrogen and oxygen atoms in total. The van der Waals surface area contributed by atoms with E-state index < -0.39 is 6.10 Å². The standard InChI is InChI=1S/C24H26N2O3S/c1-5-21-24(27)26(11-12-28-19-8-6-7-15(2)13-19)20-14-18(9-10-22(20)29-21)23-16(3)30-17(4)25-23/h6-10,13-14,21H,5,11-12H2,1-4H3. The maximum absolute atomic E-state index is 13.1. The zero-order valence-corrected chi connectivity index (χ0v) is 18.6. The summed E-state index contributed by atoms with van der Waals surface area (Å²) in [6, 6.07) is 13.9. The van der Waals surface area contributed by atoms with Crippen LogP contribution in [0.3, 0.4) is 0 Å². The summed E-state index contributed by atoms with van der Waals surface area (Å²) in [7, 11) is 0. The van der Waals surface area contributed by atoms with Gasteiger partial charge in [0.15, 0.2) is 6.10 Å². The van der Waals surface area contributed by atoms with Crippen molar-refractivity contribution in [3.05, 3.63) is 57.9 Å². The van der Waals surface area contributed by atoms with Crippen LogP contribution in [0.25, 0.3) is 11.3 Å². The van der Waals surface area contributed by atoms with Crippen molar-refractivity contribution in [1.82, 2.24) is 4.98 Å². The van der Waals surface area contributed by atoms with Crippen LogP contribution in [0.1, 0.15) is 28.8 Å². The molecule has 0 fully saturated rings. The third-order valence-corrected chi connectivity index (χ3v) is 6.07. The van der Waals surface area contributed by atoms with Crippen LogP contribution in [0.15, 0.2) is 42.5 Å². The summed E-state index contributed by atoms with van der Waals surface area (Å²) in [4.78, 5) is 20.7. The fourth-order valence-corrected chi connectivity index (χ4v) is 4.56. The summed E-state index contributed by atoms with van der Waals surface area (Å²) in [6.45, 7) is 8.94. The van der Waals surface area contributed by atoms with E-state index in [-0.39, 0.29) is 5.91 Å². The Bertz CT molecular complexity index is 1080. The molecular weight excluding hydrogens is 396 g/mol. The van der Waals surface area contributed by atoms with Crippen LogP contribution in [0.5, 0.6) is 11.5 Å². The van der Waals surface area contributed by atoms with Crippen molar-refractivity contribution in [3.8, 4) is 22.8 Å². The lowest BCUT2D eigenvalue weighted by Crippen LogP contribution is -2.47. The molecular formula is C24H26N2O3S. The van der Waals surface area contributed by atoms with E-state index in [2.05, 4.69) is 11.9 Å². The van der Waals surface area contributed by atoms with Crippen molar-refractivity contribution in [2.45, 2.75) is 40.2 Å². The number of rotatable bonds is 6. The number of aryl methyl sites for hydroxylation is 3. The van der Waals surface area contributed by atoms with Gasteiger partial charge in [-0.1, -0.05) is 19.1 Å². The molecule has 0 bridgehead atoms. The van der Waals surface area contributed by atoms with E-state index in [4.69, 9.17) is 9.47 Å². The van der Waals surface area contributed by atoms with Crippen molar-refractivity contribution >= 4 is 22.9 Å². The Labute approximate surface area is 181 Å². The minimum absolute atomic E-state index is 0.0267. The number of amides is 1. The van der Waals surface area contributed by atoms with Gasteiger partial charge in [-0.2, -0.15) is 0 Å². The molecule has 0 saturated heterocycles. The first-order valence-electron chi connectivity index (χ1n) is 10.2. The average Bonchev–Trinajstić information content (AvgIpc) is 3.07. The van der Waals surface area contributed by atoms with E-state index in [0.29, 0.717) is 19.6 Å². The number of hydrogen-bond acceptors (Lipinski definition) is 5. The molecule has 30 heavy (non-hydrogen) atoms. The van der Waals surface area contributed by atoms with E-state index in [1.165, 1.54) is 0 Å². The average molecular weight is 423 g/mol. The lowest BCUT2D eigenvalue weighted by molar-refractivity contribution is -0.126. The Morgan fingerprint density at radius 3 is 2.70 bits per heavy atom. The van der Waals surface area contributed by atoms with Crippen LogP contribution in [-0.2, 0) is 4.79 Å². The Hall–Kier alpha value is -2.86. The molecule has 6 heteroatoms. The highest BCUT2D eigenvalue weighted by Crippen LogP contribution is 2.39. The van der Waals surface area contributed by atoms with Gasteiger partial charge in [0.2, 0.25) is 0 Å². The highest BCUT2D eigenvalue weighted by molar-refractivity contribution is 7.11. The van der Waals surface area contributed by atoms with Crippen molar-refractivity contribution in [2.24, 2.45) is 0 Å². The second kappa shape index (κ2) is 8.48. The fraction of sp³-hybridized carbons (Fsp3) is 0.333. The topological polar surface area (TPSA) is 51.7 Å². The number of hydrogen-bond donors (Lipinski definition) is 0. The summed E-state index contributed by atoms with van der Waals surface area (Å²) in [5.74, 6) is 1.51. The molecule has 0 aliphatic carbocycles. The summed E-state index contributed by atoms with van der Waals surface area (Å²) in [6.07, 6.45) is 0.158. The van der Waals surface area contributed by atoms with Crippen LogP contribution in [0.2, 0.25) is 0 Å². The molecule has 1 aromatic heterocycles. The molecule has 2 heterocycles. The quantitative estimate of drug-likeness (QED) is 0.540. The van der Waals surface area contributed by atoms with Gasteiger partial charge in [0.1, 0.15) is 18.1 Å². The van der Waals surface area contributed by atoms with Gasteiger partial charge < -0.3 is 14.4 Å². The van der Waals surface area contributed by atoms with E-state index >= 15 is 0 Å². The summed E-state index contributed by atoms with van der Waals surface area (Å²) < 4.78 is 11.9. The highest BCUT2D eigenvalue weighted by Gasteiger charge is 2.33. The van der Waals surface area contributed by atoms with Crippen LogP contribution >= 0.6 is 11.3 Å². The minimum atomic E-state index is -0.467. The monoisotopic (exact) mass is 422 g/mol. The summed E-state index contributed by atoms with van der Waals surface area (Å²) in [5, 5.41) is 1.03. The Morgan fingerprint density at radius 1 is 1.17 bits per heavy atom. The fourth-order valence-electron chi connectivity index (χ4n) is 3.72. The van der Waals surface area contributed by atoms with Crippen LogP contribution in [-0.4, -0.2) is 30.1 Å². The second-order valence-electron chi connectivity index (χ2n) is 7.49. The molecule has 0 radical (unpaired) electrons. The van der Waals surface area contributed by atoms with Gasteiger partial charge in [-0.25, -0.2) is 4.98 Å². The predicted molar refractivity (Wildman–Crippen MR) is 121 cm³/mol. The number of nitrogens with zero attached hydrogens (tertiary/aromatic N) is 2. The zero-order chi connectivity index (χ0) is 21.3. The molecule has 0 N–H and O–H groups in total. The minimum Gasteiger partial charge on any atom is -0.492 e. The third-order valence-electron chi connectivity index (χ3n) is 5.18. The first kappa shape index (κ1) is 20.4. The normalized spacial score (nSPS) is 15.7. The van der Waals surface area contributed by atoms with Gasteiger partial charge in [-0.3, -0.25) is 4.79 Å². The van der Waals surface area contributed by atoms with Crippen molar-refractivity contribution in [2.75, 3.05) is 18.1 Å². The Morgan fingerprint density at radius 2 is 2.00 bits per heavy atom. The first-order chi connectivity index (χ1) is 14.5. The molecule has 1 aliphatic rings. The Balaban J connectivity index is 1.61. The number of aromatic nitrogens is 1. The van der Waals surface area contributed by atoms with Gasteiger partial charge >= 0.3 is 0 Å². The second-order valence-corrected chi connectivity index (χ2v) is 8.90. The number of thiazole rings is 1. The molecule has 4 rings (SSSR count). The zero-order valence-electron chi connectivity index (χ0n) is 17.8. The molecule has 1 atom stereocenters. The Kier molecular flexibility index (Phi) is 5.77. The molecule has 1 aliphatic heterocycles. The number of carbonyl (C=O) groups excluding carboxylic acids is 1. The maximum atomic E-state index is 13.1. The third kappa shape index (κ3) is 4.05. The molecule has 156 valence electrons. The van der Waals surface area contributed by atoms with Crippen LogP contribution < -0.4 is 14.4 Å². The summed E-state index contributed by atoms with van der Waals surface area (Å²) >= 11 is 1.68. The molecule has 3 aromatic rings. The van der Waals surface area contributed by atoms with Gasteiger partial charge in [0.25, 0.3) is 5.91 Å². The summed E-state index contributed by atoms with van der Waals surface area (Å²) in [5.41, 5.74) is 3.87. The smallest absolute Gasteiger partial charge is 0.268 e. The van der Waals surface area contributed by atoms with Gasteiger partial charge in [0.05, 0.1) is 22.9 Å². The van der Waals surface area contributed by atoms with Crippen LogP contribution in [0.4, 0.5) is 5.69 Å². The van der Waals surface area contributed by atoms with E-state index in [0.717, 1.165) is 43.9 Å².